The number of ether oxygens (including phenoxy) is 1. The Balaban J connectivity index is 1.74. The normalized spacial score (nSPS) is 23.7. The van der Waals surface area contributed by atoms with Crippen molar-refractivity contribution in [1.29, 1.82) is 0 Å². The van der Waals surface area contributed by atoms with Crippen molar-refractivity contribution in [3.8, 4) is 0 Å². The molecule has 2 rings (SSSR count). The summed E-state index contributed by atoms with van der Waals surface area (Å²) in [5.74, 6) is 1.01. The minimum atomic E-state index is -0.215. The average molecular weight is 325 g/mol. The van der Waals surface area contributed by atoms with Crippen LogP contribution in [0.2, 0.25) is 0 Å². The van der Waals surface area contributed by atoms with Crippen LogP contribution in [-0.2, 0) is 9.53 Å². The monoisotopic (exact) mass is 324 g/mol. The molecule has 23 heavy (non-hydrogen) atoms. The molecule has 2 fully saturated rings. The molecule has 0 bridgehead atoms. The average Bonchev–Trinajstić information content (AvgIpc) is 3.07. The Morgan fingerprint density at radius 1 is 1.09 bits per heavy atom. The molecular weight excluding hydrogens is 288 g/mol. The van der Waals surface area contributed by atoms with E-state index >= 15 is 0 Å². The molecule has 0 aliphatic carbocycles. The summed E-state index contributed by atoms with van der Waals surface area (Å²) < 4.78 is 5.83. The van der Waals surface area contributed by atoms with Gasteiger partial charge in [0.15, 0.2) is 0 Å². The second kappa shape index (κ2) is 7.52. The zero-order chi connectivity index (χ0) is 17.1. The first kappa shape index (κ1) is 18.7. The fourth-order valence-corrected chi connectivity index (χ4v) is 3.92. The van der Waals surface area contributed by atoms with Crippen molar-refractivity contribution >= 4 is 5.91 Å². The molecule has 0 radical (unpaired) electrons. The van der Waals surface area contributed by atoms with Crippen LogP contribution < -0.4 is 0 Å². The molecule has 1 amide bonds. The fraction of sp³-hybridized carbons (Fsp3) is 0.947. The Morgan fingerprint density at radius 2 is 1.74 bits per heavy atom. The molecule has 2 aliphatic heterocycles. The maximum atomic E-state index is 12.7. The van der Waals surface area contributed by atoms with Gasteiger partial charge >= 0.3 is 0 Å². The lowest BCUT2D eigenvalue weighted by atomic mass is 9.81. The van der Waals surface area contributed by atoms with E-state index in [0.29, 0.717) is 11.8 Å². The van der Waals surface area contributed by atoms with Crippen LogP contribution in [0.4, 0.5) is 0 Å². The summed E-state index contributed by atoms with van der Waals surface area (Å²) in [6.07, 6.45) is 4.57. The molecule has 2 heterocycles. The highest BCUT2D eigenvalue weighted by Crippen LogP contribution is 2.33. The van der Waals surface area contributed by atoms with E-state index in [0.717, 1.165) is 45.8 Å². The fourth-order valence-electron chi connectivity index (χ4n) is 3.92. The number of likely N-dealkylation sites (tertiary alicyclic amines) is 2. The van der Waals surface area contributed by atoms with Gasteiger partial charge in [-0.25, -0.2) is 0 Å². The van der Waals surface area contributed by atoms with Gasteiger partial charge in [0.05, 0.1) is 12.2 Å². The van der Waals surface area contributed by atoms with Crippen LogP contribution in [-0.4, -0.2) is 60.6 Å². The van der Waals surface area contributed by atoms with E-state index in [9.17, 15) is 4.79 Å². The molecule has 1 atom stereocenters. The molecule has 1 unspecified atom stereocenters. The minimum absolute atomic E-state index is 0.0523. The van der Waals surface area contributed by atoms with Gasteiger partial charge in [-0.05, 0) is 58.9 Å². The standard InChI is InChI=1S/C19H36N2O2/c1-18(2,3)23-13-12-20-11-8-16(15-20)14-19(4,5)17(22)21-9-6-7-10-21/h16H,6-15H2,1-5H3. The number of carbonyl (C=O) groups excluding carboxylic acids is 1. The molecule has 0 aromatic rings. The van der Waals surface area contributed by atoms with E-state index in [2.05, 4.69) is 44.4 Å². The van der Waals surface area contributed by atoms with Crippen LogP contribution in [0.1, 0.15) is 60.3 Å². The Labute approximate surface area is 142 Å². The van der Waals surface area contributed by atoms with Crippen molar-refractivity contribution in [2.75, 3.05) is 39.3 Å². The zero-order valence-electron chi connectivity index (χ0n) is 15.9. The summed E-state index contributed by atoms with van der Waals surface area (Å²) in [7, 11) is 0. The summed E-state index contributed by atoms with van der Waals surface area (Å²) in [4.78, 5) is 17.3. The lowest BCUT2D eigenvalue weighted by Gasteiger charge is -2.31. The van der Waals surface area contributed by atoms with Crippen molar-refractivity contribution in [2.24, 2.45) is 11.3 Å². The van der Waals surface area contributed by atoms with Crippen LogP contribution in [0.5, 0.6) is 0 Å². The molecule has 4 nitrogen and oxygen atoms in total. The molecule has 4 heteroatoms. The summed E-state index contributed by atoms with van der Waals surface area (Å²) in [6, 6.07) is 0. The van der Waals surface area contributed by atoms with E-state index < -0.39 is 0 Å². The highest BCUT2D eigenvalue weighted by atomic mass is 16.5. The molecule has 134 valence electrons. The third kappa shape index (κ3) is 5.75. The molecule has 0 aromatic heterocycles. The van der Waals surface area contributed by atoms with E-state index in [1.807, 2.05) is 0 Å². The van der Waals surface area contributed by atoms with Crippen LogP contribution >= 0.6 is 0 Å². The van der Waals surface area contributed by atoms with Gasteiger partial charge in [-0.15, -0.1) is 0 Å². The maximum absolute atomic E-state index is 12.7. The molecule has 2 aliphatic rings. The van der Waals surface area contributed by atoms with Gasteiger partial charge in [-0.2, -0.15) is 0 Å². The van der Waals surface area contributed by atoms with E-state index in [4.69, 9.17) is 4.74 Å². The SMILES string of the molecule is CC(C)(C)OCCN1CCC(CC(C)(C)C(=O)N2CCCC2)C1. The maximum Gasteiger partial charge on any atom is 0.228 e. The number of hydrogen-bond acceptors (Lipinski definition) is 3. The first-order chi connectivity index (χ1) is 10.7. The smallest absolute Gasteiger partial charge is 0.228 e. The Morgan fingerprint density at radius 3 is 2.35 bits per heavy atom. The number of rotatable bonds is 6. The quantitative estimate of drug-likeness (QED) is 0.752. The number of amides is 1. The summed E-state index contributed by atoms with van der Waals surface area (Å²) >= 11 is 0. The summed E-state index contributed by atoms with van der Waals surface area (Å²) in [5.41, 5.74) is -0.268. The summed E-state index contributed by atoms with van der Waals surface area (Å²) in [6.45, 7) is 16.6. The molecule has 0 aromatic carbocycles. The predicted molar refractivity (Wildman–Crippen MR) is 94.5 cm³/mol. The third-order valence-corrected chi connectivity index (χ3v) is 5.08. The number of nitrogens with zero attached hydrogens (tertiary/aromatic N) is 2. The number of carbonyl (C=O) groups is 1. The van der Waals surface area contributed by atoms with Crippen LogP contribution in [0.15, 0.2) is 0 Å². The second-order valence-electron chi connectivity index (χ2n) is 9.00. The Kier molecular flexibility index (Phi) is 6.12. The topological polar surface area (TPSA) is 32.8 Å². The highest BCUT2D eigenvalue weighted by Gasteiger charge is 2.37. The van der Waals surface area contributed by atoms with Gasteiger partial charge in [-0.3, -0.25) is 4.79 Å². The predicted octanol–water partition coefficient (Wildman–Crippen LogP) is 3.16. The van der Waals surface area contributed by atoms with E-state index in [1.165, 1.54) is 19.3 Å². The van der Waals surface area contributed by atoms with Crippen molar-refractivity contribution in [3.05, 3.63) is 0 Å². The lowest BCUT2D eigenvalue weighted by Crippen LogP contribution is -2.40. The lowest BCUT2D eigenvalue weighted by molar-refractivity contribution is -0.140. The van der Waals surface area contributed by atoms with Crippen LogP contribution in [0, 0.1) is 11.3 Å². The Bertz CT molecular complexity index is 395. The van der Waals surface area contributed by atoms with Crippen molar-refractivity contribution in [2.45, 2.75) is 65.9 Å². The van der Waals surface area contributed by atoms with Crippen molar-refractivity contribution in [1.82, 2.24) is 9.80 Å². The van der Waals surface area contributed by atoms with Crippen LogP contribution in [0.25, 0.3) is 0 Å². The van der Waals surface area contributed by atoms with Gasteiger partial charge in [-0.1, -0.05) is 13.8 Å². The molecule has 0 saturated carbocycles. The van der Waals surface area contributed by atoms with E-state index in [1.54, 1.807) is 0 Å². The first-order valence-electron chi connectivity index (χ1n) is 9.33. The molecule has 2 saturated heterocycles. The Hall–Kier alpha value is -0.610. The first-order valence-corrected chi connectivity index (χ1v) is 9.33. The van der Waals surface area contributed by atoms with E-state index in [-0.39, 0.29) is 11.0 Å². The zero-order valence-corrected chi connectivity index (χ0v) is 15.9. The third-order valence-electron chi connectivity index (χ3n) is 5.08. The van der Waals surface area contributed by atoms with Crippen LogP contribution in [0.3, 0.4) is 0 Å². The van der Waals surface area contributed by atoms with Gasteiger partial charge in [0, 0.05) is 31.6 Å². The highest BCUT2D eigenvalue weighted by molar-refractivity contribution is 5.82. The molecular formula is C19H36N2O2. The summed E-state index contributed by atoms with van der Waals surface area (Å²) in [5, 5.41) is 0. The van der Waals surface area contributed by atoms with Crippen molar-refractivity contribution < 1.29 is 9.53 Å². The largest absolute Gasteiger partial charge is 0.375 e. The minimum Gasteiger partial charge on any atom is -0.375 e. The van der Waals surface area contributed by atoms with Gasteiger partial charge in [0.2, 0.25) is 5.91 Å². The van der Waals surface area contributed by atoms with Gasteiger partial charge in [0.1, 0.15) is 0 Å². The molecule has 0 N–H and O–H groups in total. The second-order valence-corrected chi connectivity index (χ2v) is 9.00. The van der Waals surface area contributed by atoms with Gasteiger partial charge < -0.3 is 14.5 Å². The number of hydrogen-bond donors (Lipinski definition) is 0. The molecule has 0 spiro atoms. The van der Waals surface area contributed by atoms with Gasteiger partial charge in [0.25, 0.3) is 0 Å². The van der Waals surface area contributed by atoms with Crippen molar-refractivity contribution in [3.63, 3.8) is 0 Å².